The Balaban J connectivity index is 2.08. The van der Waals surface area contributed by atoms with E-state index < -0.39 is 4.92 Å². The molecule has 0 saturated heterocycles. The first-order valence-corrected chi connectivity index (χ1v) is 7.62. The Morgan fingerprint density at radius 2 is 1.82 bits per heavy atom. The first kappa shape index (κ1) is 16.5. The Bertz CT molecular complexity index is 745. The minimum Gasteiger partial charge on any atom is -0.282 e. The summed E-state index contributed by atoms with van der Waals surface area (Å²) in [6, 6.07) is 11.2. The summed E-state index contributed by atoms with van der Waals surface area (Å²) in [7, 11) is 0. The van der Waals surface area contributed by atoms with Crippen molar-refractivity contribution in [1.29, 1.82) is 0 Å². The number of halogens is 2. The second-order valence-electron chi connectivity index (χ2n) is 4.18. The van der Waals surface area contributed by atoms with E-state index in [4.69, 9.17) is 23.2 Å². The zero-order valence-electron chi connectivity index (χ0n) is 11.0. The van der Waals surface area contributed by atoms with Crippen molar-refractivity contribution in [3.63, 3.8) is 0 Å². The molecule has 7 heteroatoms. The predicted octanol–water partition coefficient (Wildman–Crippen LogP) is 5.23. The third-order valence-electron chi connectivity index (χ3n) is 2.61. The molecule has 0 aliphatic carbocycles. The summed E-state index contributed by atoms with van der Waals surface area (Å²) < 4.78 is 0. The molecule has 0 N–H and O–H groups in total. The van der Waals surface area contributed by atoms with Crippen LogP contribution in [0.5, 0.6) is 0 Å². The van der Waals surface area contributed by atoms with Gasteiger partial charge < -0.3 is 0 Å². The zero-order valence-corrected chi connectivity index (χ0v) is 13.4. The highest BCUT2D eigenvalue weighted by Crippen LogP contribution is 2.26. The smallest absolute Gasteiger partial charge is 0.282 e. The molecule has 0 radical (unpaired) electrons. The van der Waals surface area contributed by atoms with Gasteiger partial charge in [0.25, 0.3) is 5.69 Å². The fourth-order valence-electron chi connectivity index (χ4n) is 1.59. The number of carbonyl (C=O) groups is 1. The number of thioether (sulfide) groups is 1. The van der Waals surface area contributed by atoms with Crippen molar-refractivity contribution < 1.29 is 9.72 Å². The Morgan fingerprint density at radius 1 is 1.14 bits per heavy atom. The Morgan fingerprint density at radius 3 is 2.45 bits per heavy atom. The summed E-state index contributed by atoms with van der Waals surface area (Å²) in [4.78, 5) is 22.8. The number of nitrogens with zero attached hydrogens (tertiary/aromatic N) is 1. The number of hydrogen-bond donors (Lipinski definition) is 0. The van der Waals surface area contributed by atoms with Crippen LogP contribution in [0.1, 0.15) is 5.56 Å². The number of rotatable bonds is 4. The van der Waals surface area contributed by atoms with Crippen molar-refractivity contribution in [1.82, 2.24) is 0 Å². The SMILES string of the molecule is O=C(/C=C/c1ccc(Cl)c([N+](=O)[O-])c1)Sc1ccc(Cl)cc1. The lowest BCUT2D eigenvalue weighted by Gasteiger charge is -1.98. The highest BCUT2D eigenvalue weighted by atomic mass is 35.5. The second-order valence-corrected chi connectivity index (χ2v) is 6.10. The van der Waals surface area contributed by atoms with Crippen molar-refractivity contribution in [3.8, 4) is 0 Å². The molecule has 0 bridgehead atoms. The molecular formula is C15H9Cl2NO3S. The van der Waals surface area contributed by atoms with Crippen LogP contribution in [0.15, 0.2) is 53.4 Å². The van der Waals surface area contributed by atoms with Gasteiger partial charge >= 0.3 is 0 Å². The molecule has 112 valence electrons. The van der Waals surface area contributed by atoms with Gasteiger partial charge in [0.1, 0.15) is 5.02 Å². The van der Waals surface area contributed by atoms with Gasteiger partial charge in [0.05, 0.1) is 4.92 Å². The van der Waals surface area contributed by atoms with Crippen molar-refractivity contribution in [3.05, 3.63) is 74.3 Å². The summed E-state index contributed by atoms with van der Waals surface area (Å²) in [5, 5.41) is 11.3. The molecule has 0 saturated carbocycles. The van der Waals surface area contributed by atoms with Crippen LogP contribution in [-0.4, -0.2) is 10.0 Å². The average Bonchev–Trinajstić information content (AvgIpc) is 2.48. The topological polar surface area (TPSA) is 60.2 Å². The van der Waals surface area contributed by atoms with E-state index in [2.05, 4.69) is 0 Å². The van der Waals surface area contributed by atoms with E-state index in [-0.39, 0.29) is 15.8 Å². The maximum Gasteiger partial charge on any atom is 0.288 e. The van der Waals surface area contributed by atoms with E-state index in [1.54, 1.807) is 30.3 Å². The summed E-state index contributed by atoms with van der Waals surface area (Å²) in [5.41, 5.74) is 0.336. The van der Waals surface area contributed by atoms with Crippen LogP contribution in [0.3, 0.4) is 0 Å². The first-order valence-electron chi connectivity index (χ1n) is 6.05. The molecule has 0 spiro atoms. The van der Waals surface area contributed by atoms with E-state index in [1.165, 1.54) is 24.3 Å². The third kappa shape index (κ3) is 4.59. The van der Waals surface area contributed by atoms with E-state index in [0.29, 0.717) is 10.6 Å². The van der Waals surface area contributed by atoms with Crippen LogP contribution < -0.4 is 0 Å². The number of nitro benzene ring substituents is 1. The minimum atomic E-state index is -0.566. The van der Waals surface area contributed by atoms with Crippen LogP contribution in [0.25, 0.3) is 6.08 Å². The standard InChI is InChI=1S/C15H9Cl2NO3S/c16-11-3-5-12(6-4-11)22-15(19)8-2-10-1-7-13(17)14(9-10)18(20)21/h1-9H/b8-2+. The van der Waals surface area contributed by atoms with Crippen molar-refractivity contribution >= 4 is 51.8 Å². The minimum absolute atomic E-state index is 0.0593. The van der Waals surface area contributed by atoms with Gasteiger partial charge in [-0.2, -0.15) is 0 Å². The van der Waals surface area contributed by atoms with Crippen LogP contribution in [0.2, 0.25) is 10.0 Å². The highest BCUT2D eigenvalue weighted by Gasteiger charge is 2.11. The summed E-state index contributed by atoms with van der Waals surface area (Å²) in [5.74, 6) is 0. The number of carbonyl (C=O) groups excluding carboxylic acids is 1. The maximum atomic E-state index is 11.8. The Hall–Kier alpha value is -1.82. The van der Waals surface area contributed by atoms with Gasteiger partial charge in [-0.1, -0.05) is 35.3 Å². The largest absolute Gasteiger partial charge is 0.288 e. The van der Waals surface area contributed by atoms with Gasteiger partial charge in [-0.3, -0.25) is 14.9 Å². The molecule has 2 rings (SSSR count). The van der Waals surface area contributed by atoms with Crippen molar-refractivity contribution in [2.75, 3.05) is 0 Å². The molecule has 0 unspecified atom stereocenters. The van der Waals surface area contributed by atoms with Gasteiger partial charge in [-0.25, -0.2) is 0 Å². The Kier molecular flexibility index (Phi) is 5.60. The van der Waals surface area contributed by atoms with E-state index >= 15 is 0 Å². The lowest BCUT2D eigenvalue weighted by Crippen LogP contribution is -1.90. The van der Waals surface area contributed by atoms with Gasteiger partial charge in [0.2, 0.25) is 5.12 Å². The van der Waals surface area contributed by atoms with Crippen molar-refractivity contribution in [2.45, 2.75) is 4.90 Å². The molecule has 0 aliphatic heterocycles. The predicted molar refractivity (Wildman–Crippen MR) is 89.5 cm³/mol. The summed E-state index contributed by atoms with van der Waals surface area (Å²) in [6.07, 6.45) is 2.86. The summed E-state index contributed by atoms with van der Waals surface area (Å²) >= 11 is 12.5. The van der Waals surface area contributed by atoms with Gasteiger partial charge in [-0.15, -0.1) is 0 Å². The third-order valence-corrected chi connectivity index (χ3v) is 4.03. The molecule has 0 amide bonds. The van der Waals surface area contributed by atoms with E-state index in [0.717, 1.165) is 16.7 Å². The molecule has 2 aromatic rings. The number of hydrogen-bond acceptors (Lipinski definition) is 4. The van der Waals surface area contributed by atoms with E-state index in [9.17, 15) is 14.9 Å². The first-order chi connectivity index (χ1) is 10.5. The second kappa shape index (κ2) is 7.45. The maximum absolute atomic E-state index is 11.8. The van der Waals surface area contributed by atoms with Gasteiger partial charge in [0.15, 0.2) is 0 Å². The molecular weight excluding hydrogens is 345 g/mol. The molecule has 4 nitrogen and oxygen atoms in total. The number of benzene rings is 2. The fraction of sp³-hybridized carbons (Fsp3) is 0. The zero-order chi connectivity index (χ0) is 16.1. The normalized spacial score (nSPS) is 10.8. The summed E-state index contributed by atoms with van der Waals surface area (Å²) in [6.45, 7) is 0. The van der Waals surface area contributed by atoms with Crippen LogP contribution >= 0.6 is 35.0 Å². The number of nitro groups is 1. The van der Waals surface area contributed by atoms with E-state index in [1.807, 2.05) is 0 Å². The molecule has 0 aromatic heterocycles. The van der Waals surface area contributed by atoms with Crippen molar-refractivity contribution in [2.24, 2.45) is 0 Å². The Labute approximate surface area is 140 Å². The van der Waals surface area contributed by atoms with Crippen LogP contribution in [-0.2, 0) is 4.79 Å². The van der Waals surface area contributed by atoms with Crippen LogP contribution in [0.4, 0.5) is 5.69 Å². The molecule has 0 heterocycles. The fourth-order valence-corrected chi connectivity index (χ4v) is 2.54. The van der Waals surface area contributed by atoms with Gasteiger partial charge in [-0.05, 0) is 53.7 Å². The molecule has 22 heavy (non-hydrogen) atoms. The molecule has 0 aliphatic rings. The lowest BCUT2D eigenvalue weighted by molar-refractivity contribution is -0.384. The van der Waals surface area contributed by atoms with Gasteiger partial charge in [0, 0.05) is 16.0 Å². The molecule has 2 aromatic carbocycles. The highest BCUT2D eigenvalue weighted by molar-refractivity contribution is 8.14. The van der Waals surface area contributed by atoms with Crippen LogP contribution in [0, 0.1) is 10.1 Å². The quantitative estimate of drug-likeness (QED) is 0.326. The lowest BCUT2D eigenvalue weighted by atomic mass is 10.2. The molecule has 0 fully saturated rings. The molecule has 0 atom stereocenters. The monoisotopic (exact) mass is 353 g/mol. The average molecular weight is 354 g/mol.